The minimum absolute atomic E-state index is 0.377. The van der Waals surface area contributed by atoms with Gasteiger partial charge in [0.15, 0.2) is 0 Å². The lowest BCUT2D eigenvalue weighted by atomic mass is 10.2. The van der Waals surface area contributed by atoms with Crippen molar-refractivity contribution in [1.29, 1.82) is 0 Å². The Morgan fingerprint density at radius 1 is 1.00 bits per heavy atom. The molecule has 7 nitrogen and oxygen atoms in total. The molecule has 0 radical (unpaired) electrons. The van der Waals surface area contributed by atoms with Crippen molar-refractivity contribution in [2.75, 3.05) is 18.0 Å². The zero-order valence-corrected chi connectivity index (χ0v) is 19.0. The molecule has 1 saturated heterocycles. The normalized spacial score (nSPS) is 14.5. The first-order valence-corrected chi connectivity index (χ1v) is 11.9. The van der Waals surface area contributed by atoms with Crippen LogP contribution in [0.25, 0.3) is 10.2 Å². The predicted molar refractivity (Wildman–Crippen MR) is 126 cm³/mol. The molecule has 0 bridgehead atoms. The molecule has 32 heavy (non-hydrogen) atoms. The number of ether oxygens (including phenoxy) is 1. The fourth-order valence-electron chi connectivity index (χ4n) is 4.01. The first kappa shape index (κ1) is 20.8. The van der Waals surface area contributed by atoms with Gasteiger partial charge < -0.3 is 9.64 Å². The highest BCUT2D eigenvalue weighted by Gasteiger charge is 2.12. The molecule has 0 amide bonds. The molecule has 1 aliphatic heterocycles. The van der Waals surface area contributed by atoms with E-state index in [4.69, 9.17) is 9.72 Å². The second-order valence-corrected chi connectivity index (χ2v) is 9.21. The number of hydrogen-bond donors (Lipinski definition) is 0. The maximum Gasteiger partial charge on any atom is 0.316 e. The molecule has 0 aromatic carbocycles. The third-order valence-corrected chi connectivity index (χ3v) is 6.70. The van der Waals surface area contributed by atoms with E-state index in [9.17, 15) is 0 Å². The number of aryl methyl sites for hydroxylation is 1. The van der Waals surface area contributed by atoms with E-state index in [1.807, 2.05) is 37.6 Å². The minimum atomic E-state index is 0.377. The van der Waals surface area contributed by atoms with Gasteiger partial charge in [0.25, 0.3) is 0 Å². The molecule has 1 aliphatic rings. The zero-order chi connectivity index (χ0) is 21.8. The first-order chi connectivity index (χ1) is 15.7. The lowest BCUT2D eigenvalue weighted by molar-refractivity contribution is 0.279. The van der Waals surface area contributed by atoms with Crippen molar-refractivity contribution in [3.63, 3.8) is 0 Å². The van der Waals surface area contributed by atoms with Crippen molar-refractivity contribution in [2.45, 2.75) is 45.6 Å². The highest BCUT2D eigenvalue weighted by molar-refractivity contribution is 7.18. The summed E-state index contributed by atoms with van der Waals surface area (Å²) in [6.07, 6.45) is 13.1. The van der Waals surface area contributed by atoms with E-state index in [0.29, 0.717) is 19.0 Å². The maximum absolute atomic E-state index is 5.91. The van der Waals surface area contributed by atoms with Crippen LogP contribution >= 0.6 is 11.3 Å². The van der Waals surface area contributed by atoms with E-state index in [-0.39, 0.29) is 0 Å². The molecule has 5 heterocycles. The standard InChI is InChI=1S/C24H26N6OS/c1-17-23-21(7-9-26-17)32-22(29-23)13-19-6-8-27-24(28-19)31-16-18-12-20(15-25-14-18)30-10-4-2-3-5-11-30/h6-9,12,14-15H,2-5,10-11,13,16H2,1H3. The first-order valence-electron chi connectivity index (χ1n) is 11.1. The van der Waals surface area contributed by atoms with Gasteiger partial charge in [0, 0.05) is 43.7 Å². The van der Waals surface area contributed by atoms with Gasteiger partial charge in [-0.2, -0.15) is 4.98 Å². The number of rotatable bonds is 6. The molecule has 0 N–H and O–H groups in total. The van der Waals surface area contributed by atoms with Crippen LogP contribution in [0.1, 0.15) is 47.6 Å². The molecule has 0 atom stereocenters. The Balaban J connectivity index is 1.25. The summed E-state index contributed by atoms with van der Waals surface area (Å²) in [4.78, 5) is 24.8. The van der Waals surface area contributed by atoms with E-state index < -0.39 is 0 Å². The summed E-state index contributed by atoms with van der Waals surface area (Å²) < 4.78 is 7.06. The van der Waals surface area contributed by atoms with Gasteiger partial charge in [-0.3, -0.25) is 9.97 Å². The number of pyridine rings is 2. The van der Waals surface area contributed by atoms with E-state index in [1.165, 1.54) is 31.4 Å². The Morgan fingerprint density at radius 2 is 1.84 bits per heavy atom. The van der Waals surface area contributed by atoms with Gasteiger partial charge in [-0.25, -0.2) is 9.97 Å². The quantitative estimate of drug-likeness (QED) is 0.423. The molecular formula is C24H26N6OS. The monoisotopic (exact) mass is 446 g/mol. The van der Waals surface area contributed by atoms with Gasteiger partial charge in [-0.15, -0.1) is 11.3 Å². The molecule has 0 unspecified atom stereocenters. The molecule has 5 rings (SSSR count). The summed E-state index contributed by atoms with van der Waals surface area (Å²) in [5.41, 5.74) is 5.00. The molecule has 0 saturated carbocycles. The van der Waals surface area contributed by atoms with Crippen LogP contribution < -0.4 is 9.64 Å². The second kappa shape index (κ2) is 9.56. The van der Waals surface area contributed by atoms with Crippen LogP contribution in [0.15, 0.2) is 43.0 Å². The minimum Gasteiger partial charge on any atom is -0.459 e. The second-order valence-electron chi connectivity index (χ2n) is 8.10. The van der Waals surface area contributed by atoms with E-state index in [2.05, 4.69) is 30.9 Å². The van der Waals surface area contributed by atoms with Crippen LogP contribution in [0.4, 0.5) is 5.69 Å². The highest BCUT2D eigenvalue weighted by atomic mass is 32.1. The number of hydrogen-bond acceptors (Lipinski definition) is 8. The average Bonchev–Trinajstić information content (AvgIpc) is 3.03. The third kappa shape index (κ3) is 4.85. The molecular weight excluding hydrogens is 420 g/mol. The molecule has 4 aromatic heterocycles. The number of nitrogens with zero attached hydrogens (tertiary/aromatic N) is 6. The average molecular weight is 447 g/mol. The summed E-state index contributed by atoms with van der Waals surface area (Å²) >= 11 is 1.67. The van der Waals surface area contributed by atoms with E-state index >= 15 is 0 Å². The number of aromatic nitrogens is 5. The van der Waals surface area contributed by atoms with Crippen molar-refractivity contribution in [2.24, 2.45) is 0 Å². The van der Waals surface area contributed by atoms with Crippen molar-refractivity contribution in [3.8, 4) is 6.01 Å². The number of thiazole rings is 1. The van der Waals surface area contributed by atoms with Crippen molar-refractivity contribution in [1.82, 2.24) is 24.9 Å². The lowest BCUT2D eigenvalue weighted by Crippen LogP contribution is -2.24. The fourth-order valence-corrected chi connectivity index (χ4v) is 5.03. The highest BCUT2D eigenvalue weighted by Crippen LogP contribution is 2.25. The molecule has 164 valence electrons. The van der Waals surface area contributed by atoms with Crippen LogP contribution in [0, 0.1) is 6.92 Å². The van der Waals surface area contributed by atoms with Gasteiger partial charge in [0.05, 0.1) is 33.0 Å². The molecule has 0 spiro atoms. The summed E-state index contributed by atoms with van der Waals surface area (Å²) in [7, 11) is 0. The Kier molecular flexibility index (Phi) is 6.20. The summed E-state index contributed by atoms with van der Waals surface area (Å²) in [6.45, 7) is 4.57. The topological polar surface area (TPSA) is 76.9 Å². The molecule has 4 aromatic rings. The maximum atomic E-state index is 5.91. The van der Waals surface area contributed by atoms with Crippen LogP contribution in [0.2, 0.25) is 0 Å². The Morgan fingerprint density at radius 3 is 2.69 bits per heavy atom. The van der Waals surface area contributed by atoms with Crippen molar-refractivity contribution < 1.29 is 4.74 Å². The van der Waals surface area contributed by atoms with Crippen LogP contribution in [0.5, 0.6) is 6.01 Å². The SMILES string of the molecule is Cc1nccc2sc(Cc3ccnc(OCc4cncc(N5CCCCCC5)c4)n3)nc12. The van der Waals surface area contributed by atoms with E-state index in [1.54, 1.807) is 17.5 Å². The van der Waals surface area contributed by atoms with Gasteiger partial charge >= 0.3 is 6.01 Å². The Labute approximate surface area is 191 Å². The summed E-state index contributed by atoms with van der Waals surface area (Å²) in [6, 6.07) is 6.46. The predicted octanol–water partition coefficient (Wildman–Crippen LogP) is 4.73. The molecule has 8 heteroatoms. The third-order valence-electron chi connectivity index (χ3n) is 5.68. The largest absolute Gasteiger partial charge is 0.459 e. The number of fused-ring (bicyclic) bond motifs is 1. The van der Waals surface area contributed by atoms with Gasteiger partial charge in [-0.05, 0) is 38.0 Å². The van der Waals surface area contributed by atoms with Crippen molar-refractivity contribution in [3.05, 3.63) is 64.9 Å². The summed E-state index contributed by atoms with van der Waals surface area (Å²) in [5.74, 6) is 0. The van der Waals surface area contributed by atoms with Crippen LogP contribution in [-0.2, 0) is 13.0 Å². The lowest BCUT2D eigenvalue weighted by Gasteiger charge is -2.22. The molecule has 0 aliphatic carbocycles. The Hall–Kier alpha value is -3.13. The molecule has 1 fully saturated rings. The smallest absolute Gasteiger partial charge is 0.316 e. The fraction of sp³-hybridized carbons (Fsp3) is 0.375. The van der Waals surface area contributed by atoms with Crippen LogP contribution in [0.3, 0.4) is 0 Å². The zero-order valence-electron chi connectivity index (χ0n) is 18.2. The Bertz CT molecular complexity index is 1200. The van der Waals surface area contributed by atoms with E-state index in [0.717, 1.165) is 45.3 Å². The van der Waals surface area contributed by atoms with Crippen LogP contribution in [-0.4, -0.2) is 38.0 Å². The van der Waals surface area contributed by atoms with Crippen molar-refractivity contribution >= 4 is 27.2 Å². The van der Waals surface area contributed by atoms with Gasteiger partial charge in [0.1, 0.15) is 12.1 Å². The summed E-state index contributed by atoms with van der Waals surface area (Å²) in [5, 5.41) is 1.01. The van der Waals surface area contributed by atoms with Gasteiger partial charge in [0.2, 0.25) is 0 Å². The van der Waals surface area contributed by atoms with Gasteiger partial charge in [-0.1, -0.05) is 12.8 Å². The number of anilines is 1.